The summed E-state index contributed by atoms with van der Waals surface area (Å²) in [6.07, 6.45) is 3.05. The number of fused-ring (bicyclic) bond motifs is 1. The number of thiophene rings is 1. The van der Waals surface area contributed by atoms with Crippen LogP contribution in [0.5, 0.6) is 0 Å². The van der Waals surface area contributed by atoms with Gasteiger partial charge < -0.3 is 14.0 Å². The Labute approximate surface area is 204 Å². The topological polar surface area (TPSA) is 124 Å². The average molecular weight is 499 g/mol. The SMILES string of the molecule is Cn1cnc2c1c(=O)n(CC(=O)N1CCN(CCCc3nc(-c4cccs4)no3)CC1)c(=O)n2C. The molecule has 4 aromatic rings. The second-order valence-electron chi connectivity index (χ2n) is 8.58. The fraction of sp³-hybridized carbons (Fsp3) is 0.455. The molecule has 5 heterocycles. The van der Waals surface area contributed by atoms with Gasteiger partial charge in [0.2, 0.25) is 17.6 Å². The summed E-state index contributed by atoms with van der Waals surface area (Å²) in [6.45, 7) is 3.12. The maximum atomic E-state index is 12.9. The van der Waals surface area contributed by atoms with Crippen molar-refractivity contribution in [3.8, 4) is 10.7 Å². The molecule has 1 saturated heterocycles. The number of hydrogen-bond acceptors (Lipinski definition) is 9. The van der Waals surface area contributed by atoms with Crippen LogP contribution >= 0.6 is 11.3 Å². The molecule has 0 N–H and O–H groups in total. The Kier molecular flexibility index (Phi) is 6.34. The second kappa shape index (κ2) is 9.58. The van der Waals surface area contributed by atoms with Gasteiger partial charge in [-0.1, -0.05) is 11.2 Å². The van der Waals surface area contributed by atoms with E-state index in [0.29, 0.717) is 42.4 Å². The van der Waals surface area contributed by atoms with E-state index in [9.17, 15) is 14.4 Å². The first-order valence-electron chi connectivity index (χ1n) is 11.4. The molecule has 0 aliphatic carbocycles. The Morgan fingerprint density at radius 1 is 1.17 bits per heavy atom. The zero-order chi connectivity index (χ0) is 24.5. The van der Waals surface area contributed by atoms with E-state index in [1.807, 2.05) is 17.5 Å². The summed E-state index contributed by atoms with van der Waals surface area (Å²) in [5, 5.41) is 6.02. The van der Waals surface area contributed by atoms with E-state index in [1.165, 1.54) is 10.9 Å². The summed E-state index contributed by atoms with van der Waals surface area (Å²) < 4.78 is 9.21. The Morgan fingerprint density at radius 3 is 2.71 bits per heavy atom. The van der Waals surface area contributed by atoms with Gasteiger partial charge in [-0.25, -0.2) is 14.3 Å². The average Bonchev–Trinajstić information content (AvgIpc) is 3.62. The number of carbonyl (C=O) groups is 1. The molecule has 0 saturated carbocycles. The molecule has 0 bridgehead atoms. The van der Waals surface area contributed by atoms with E-state index in [2.05, 4.69) is 20.0 Å². The van der Waals surface area contributed by atoms with E-state index in [4.69, 9.17) is 4.52 Å². The van der Waals surface area contributed by atoms with E-state index in [-0.39, 0.29) is 12.5 Å². The summed E-state index contributed by atoms with van der Waals surface area (Å²) in [5.41, 5.74) is -0.439. The van der Waals surface area contributed by atoms with Gasteiger partial charge in [0, 0.05) is 46.7 Å². The number of rotatable bonds is 7. The first-order chi connectivity index (χ1) is 16.9. The molecule has 184 valence electrons. The van der Waals surface area contributed by atoms with Crippen molar-refractivity contribution in [2.24, 2.45) is 14.1 Å². The maximum absolute atomic E-state index is 12.9. The standard InChI is InChI=1S/C22H26N8O4S/c1-26-14-23-20-18(26)21(32)30(22(33)27(20)2)13-17(31)29-10-8-28(9-11-29)7-3-6-16-24-19(25-34-16)15-5-4-12-35-15/h4-5,12,14H,3,6-11,13H2,1-2H3. The number of hydrogen-bond donors (Lipinski definition) is 0. The minimum absolute atomic E-state index is 0.239. The normalized spacial score (nSPS) is 14.7. The van der Waals surface area contributed by atoms with Crippen molar-refractivity contribution in [3.63, 3.8) is 0 Å². The van der Waals surface area contributed by atoms with E-state index in [1.54, 1.807) is 34.9 Å². The van der Waals surface area contributed by atoms with Crippen LogP contribution in [0.4, 0.5) is 0 Å². The van der Waals surface area contributed by atoms with Gasteiger partial charge in [0.1, 0.15) is 6.54 Å². The van der Waals surface area contributed by atoms with E-state index < -0.39 is 11.2 Å². The first kappa shape index (κ1) is 23.2. The van der Waals surface area contributed by atoms with Crippen molar-refractivity contribution in [3.05, 3.63) is 50.6 Å². The van der Waals surface area contributed by atoms with Crippen molar-refractivity contribution in [2.75, 3.05) is 32.7 Å². The predicted octanol–water partition coefficient (Wildman–Crippen LogP) is 0.322. The van der Waals surface area contributed by atoms with Gasteiger partial charge in [0.15, 0.2) is 11.2 Å². The zero-order valence-corrected chi connectivity index (χ0v) is 20.4. The molecule has 1 amide bonds. The van der Waals surface area contributed by atoms with Gasteiger partial charge in [-0.2, -0.15) is 4.98 Å². The van der Waals surface area contributed by atoms with Crippen LogP contribution < -0.4 is 11.2 Å². The molecule has 12 nitrogen and oxygen atoms in total. The number of amides is 1. The van der Waals surface area contributed by atoms with Gasteiger partial charge in [0.25, 0.3) is 5.56 Å². The van der Waals surface area contributed by atoms with Crippen molar-refractivity contribution in [1.29, 1.82) is 0 Å². The third-order valence-electron chi connectivity index (χ3n) is 6.29. The number of nitrogens with zero attached hydrogens (tertiary/aromatic N) is 8. The molecule has 0 atom stereocenters. The Balaban J connectivity index is 1.13. The van der Waals surface area contributed by atoms with Gasteiger partial charge in [-0.05, 0) is 24.4 Å². The lowest BCUT2D eigenvalue weighted by Gasteiger charge is -2.34. The van der Waals surface area contributed by atoms with Crippen LogP contribution in [0.25, 0.3) is 21.9 Å². The third kappa shape index (κ3) is 4.56. The van der Waals surface area contributed by atoms with Crippen molar-refractivity contribution in [2.45, 2.75) is 19.4 Å². The molecular formula is C22H26N8O4S. The molecular weight excluding hydrogens is 472 g/mol. The molecule has 5 rings (SSSR count). The lowest BCUT2D eigenvalue weighted by molar-refractivity contribution is -0.133. The molecule has 13 heteroatoms. The number of aryl methyl sites for hydroxylation is 3. The number of piperazine rings is 1. The van der Waals surface area contributed by atoms with Gasteiger partial charge in [-0.3, -0.25) is 19.1 Å². The van der Waals surface area contributed by atoms with Gasteiger partial charge >= 0.3 is 5.69 Å². The van der Waals surface area contributed by atoms with E-state index >= 15 is 0 Å². The highest BCUT2D eigenvalue weighted by Crippen LogP contribution is 2.21. The predicted molar refractivity (Wildman–Crippen MR) is 129 cm³/mol. The minimum Gasteiger partial charge on any atom is -0.339 e. The molecule has 0 radical (unpaired) electrons. The van der Waals surface area contributed by atoms with Crippen LogP contribution in [-0.4, -0.2) is 77.3 Å². The Hall–Kier alpha value is -3.58. The van der Waals surface area contributed by atoms with Crippen LogP contribution in [0.1, 0.15) is 12.3 Å². The second-order valence-corrected chi connectivity index (χ2v) is 9.52. The van der Waals surface area contributed by atoms with E-state index in [0.717, 1.165) is 35.5 Å². The highest BCUT2D eigenvalue weighted by Gasteiger charge is 2.24. The fourth-order valence-corrected chi connectivity index (χ4v) is 4.96. The molecule has 1 fully saturated rings. The zero-order valence-electron chi connectivity index (χ0n) is 19.6. The first-order valence-corrected chi connectivity index (χ1v) is 12.3. The third-order valence-corrected chi connectivity index (χ3v) is 7.16. The molecule has 0 spiro atoms. The lowest BCUT2D eigenvalue weighted by atomic mass is 10.2. The summed E-state index contributed by atoms with van der Waals surface area (Å²) in [4.78, 5) is 52.0. The van der Waals surface area contributed by atoms with Crippen molar-refractivity contribution in [1.82, 2.24) is 38.6 Å². The smallest absolute Gasteiger partial charge is 0.332 e. The summed E-state index contributed by atoms with van der Waals surface area (Å²) in [7, 11) is 3.24. The molecule has 35 heavy (non-hydrogen) atoms. The number of aromatic nitrogens is 6. The molecule has 0 aromatic carbocycles. The monoisotopic (exact) mass is 498 g/mol. The fourth-order valence-electron chi connectivity index (χ4n) is 4.31. The highest BCUT2D eigenvalue weighted by molar-refractivity contribution is 7.13. The van der Waals surface area contributed by atoms with Crippen LogP contribution in [0, 0.1) is 0 Å². The maximum Gasteiger partial charge on any atom is 0.332 e. The summed E-state index contributed by atoms with van der Waals surface area (Å²) in [5.74, 6) is 1.01. The van der Waals surface area contributed by atoms with Crippen molar-refractivity contribution < 1.29 is 9.32 Å². The largest absolute Gasteiger partial charge is 0.339 e. The van der Waals surface area contributed by atoms with Crippen LogP contribution in [0.15, 0.2) is 38.0 Å². The summed E-state index contributed by atoms with van der Waals surface area (Å²) >= 11 is 1.58. The molecule has 4 aromatic heterocycles. The Morgan fingerprint density at radius 2 is 1.97 bits per heavy atom. The molecule has 1 aliphatic rings. The van der Waals surface area contributed by atoms with Crippen LogP contribution in [-0.2, 0) is 31.9 Å². The number of imidazole rings is 1. The van der Waals surface area contributed by atoms with Gasteiger partial charge in [0.05, 0.1) is 11.2 Å². The Bertz CT molecular complexity index is 1460. The minimum atomic E-state index is -0.545. The summed E-state index contributed by atoms with van der Waals surface area (Å²) in [6, 6.07) is 3.92. The lowest BCUT2D eigenvalue weighted by Crippen LogP contribution is -2.51. The molecule has 0 unspecified atom stereocenters. The van der Waals surface area contributed by atoms with Crippen LogP contribution in [0.2, 0.25) is 0 Å². The van der Waals surface area contributed by atoms with Crippen molar-refractivity contribution >= 4 is 28.4 Å². The quantitative estimate of drug-likeness (QED) is 0.357. The number of carbonyl (C=O) groups excluding carboxylic acids is 1. The van der Waals surface area contributed by atoms with Crippen LogP contribution in [0.3, 0.4) is 0 Å². The van der Waals surface area contributed by atoms with Gasteiger partial charge in [-0.15, -0.1) is 11.3 Å². The highest BCUT2D eigenvalue weighted by atomic mass is 32.1. The molecule has 1 aliphatic heterocycles.